The van der Waals surface area contributed by atoms with Crippen LogP contribution in [-0.2, 0) is 13.1 Å². The highest BCUT2D eigenvalue weighted by atomic mass is 32.1. The van der Waals surface area contributed by atoms with E-state index in [9.17, 15) is 0 Å². The van der Waals surface area contributed by atoms with Gasteiger partial charge in [-0.15, -0.1) is 11.3 Å². The van der Waals surface area contributed by atoms with Crippen molar-refractivity contribution in [1.29, 1.82) is 0 Å². The maximum Gasteiger partial charge on any atom is 0.226 e. The SMILES string of the molecule is CN=C(NCc1coc(-c2ccc(C)cc2)n1)NCc1csc(-c2ccccc2)n1. The van der Waals surface area contributed by atoms with Crippen LogP contribution in [0.1, 0.15) is 17.0 Å². The third-order valence-corrected chi connectivity index (χ3v) is 5.46. The third kappa shape index (κ3) is 4.93. The van der Waals surface area contributed by atoms with E-state index < -0.39 is 0 Å². The first kappa shape index (κ1) is 19.8. The number of aromatic nitrogens is 2. The average Bonchev–Trinajstić information content (AvgIpc) is 3.45. The Balaban J connectivity index is 1.31. The smallest absolute Gasteiger partial charge is 0.226 e. The third-order valence-electron chi connectivity index (χ3n) is 4.52. The summed E-state index contributed by atoms with van der Waals surface area (Å²) in [6.45, 7) is 3.17. The summed E-state index contributed by atoms with van der Waals surface area (Å²) in [6, 6.07) is 18.3. The number of aryl methyl sites for hydroxylation is 1. The average molecular weight is 418 g/mol. The lowest BCUT2D eigenvalue weighted by molar-refractivity contribution is 0.572. The Morgan fingerprint density at radius 3 is 2.40 bits per heavy atom. The number of nitrogens with one attached hydrogen (secondary N) is 2. The summed E-state index contributed by atoms with van der Waals surface area (Å²) in [6.07, 6.45) is 1.67. The van der Waals surface area contributed by atoms with Gasteiger partial charge in [0.2, 0.25) is 5.89 Å². The van der Waals surface area contributed by atoms with Gasteiger partial charge < -0.3 is 15.1 Å². The first-order valence-electron chi connectivity index (χ1n) is 9.67. The largest absolute Gasteiger partial charge is 0.444 e. The van der Waals surface area contributed by atoms with Crippen molar-refractivity contribution in [2.24, 2.45) is 4.99 Å². The number of thiazole rings is 1. The molecule has 0 radical (unpaired) electrons. The zero-order valence-corrected chi connectivity index (χ0v) is 17.7. The molecule has 0 amide bonds. The Morgan fingerprint density at radius 2 is 1.67 bits per heavy atom. The fourth-order valence-electron chi connectivity index (χ4n) is 2.89. The molecular weight excluding hydrogens is 394 g/mol. The predicted molar refractivity (Wildman–Crippen MR) is 121 cm³/mol. The van der Waals surface area contributed by atoms with Crippen LogP contribution in [0.2, 0.25) is 0 Å². The standard InChI is InChI=1S/C23H23N5OS/c1-16-8-10-17(11-9-16)21-27-19(14-29-21)12-25-23(24-2)26-13-20-15-30-22(28-20)18-6-4-3-5-7-18/h3-11,14-15H,12-13H2,1-2H3,(H2,24,25,26). The van der Waals surface area contributed by atoms with Crippen molar-refractivity contribution in [1.82, 2.24) is 20.6 Å². The quantitative estimate of drug-likeness (QED) is 0.353. The summed E-state index contributed by atoms with van der Waals surface area (Å²) >= 11 is 1.64. The van der Waals surface area contributed by atoms with E-state index in [1.807, 2.05) is 42.5 Å². The first-order chi connectivity index (χ1) is 14.7. The molecule has 2 aromatic heterocycles. The zero-order valence-electron chi connectivity index (χ0n) is 16.9. The van der Waals surface area contributed by atoms with Gasteiger partial charge in [0.15, 0.2) is 5.96 Å². The van der Waals surface area contributed by atoms with Crippen LogP contribution in [0.3, 0.4) is 0 Å². The number of guanidine groups is 1. The van der Waals surface area contributed by atoms with Gasteiger partial charge >= 0.3 is 0 Å². The van der Waals surface area contributed by atoms with Crippen molar-refractivity contribution < 1.29 is 4.42 Å². The Labute approximate surface area is 179 Å². The molecule has 2 heterocycles. The molecule has 0 aliphatic rings. The lowest BCUT2D eigenvalue weighted by atomic mass is 10.1. The van der Waals surface area contributed by atoms with Crippen LogP contribution in [0.5, 0.6) is 0 Å². The number of rotatable bonds is 6. The monoisotopic (exact) mass is 417 g/mol. The van der Waals surface area contributed by atoms with Gasteiger partial charge in [-0.25, -0.2) is 9.97 Å². The molecule has 30 heavy (non-hydrogen) atoms. The van der Waals surface area contributed by atoms with Gasteiger partial charge in [-0.2, -0.15) is 0 Å². The first-order valence-corrected chi connectivity index (χ1v) is 10.5. The van der Waals surface area contributed by atoms with E-state index in [2.05, 4.69) is 45.0 Å². The maximum absolute atomic E-state index is 5.61. The van der Waals surface area contributed by atoms with Gasteiger partial charge in [0, 0.05) is 23.6 Å². The normalized spacial score (nSPS) is 11.5. The minimum absolute atomic E-state index is 0.515. The van der Waals surface area contributed by atoms with E-state index in [-0.39, 0.29) is 0 Å². The molecule has 2 N–H and O–H groups in total. The van der Waals surface area contributed by atoms with Crippen molar-refractivity contribution in [2.75, 3.05) is 7.05 Å². The molecule has 6 nitrogen and oxygen atoms in total. The van der Waals surface area contributed by atoms with Crippen LogP contribution < -0.4 is 10.6 Å². The summed E-state index contributed by atoms with van der Waals surface area (Å²) in [5, 5.41) is 9.63. The topological polar surface area (TPSA) is 75.3 Å². The lowest BCUT2D eigenvalue weighted by Crippen LogP contribution is -2.36. The van der Waals surface area contributed by atoms with Crippen molar-refractivity contribution >= 4 is 17.3 Å². The molecule has 0 saturated heterocycles. The number of hydrogen-bond donors (Lipinski definition) is 2. The maximum atomic E-state index is 5.61. The van der Waals surface area contributed by atoms with Crippen LogP contribution in [0.25, 0.3) is 22.0 Å². The number of oxazole rings is 1. The molecule has 7 heteroatoms. The molecule has 4 aromatic rings. The van der Waals surface area contributed by atoms with E-state index in [1.165, 1.54) is 5.56 Å². The second-order valence-electron chi connectivity index (χ2n) is 6.80. The Bertz CT molecular complexity index is 1120. The van der Waals surface area contributed by atoms with Gasteiger partial charge in [0.1, 0.15) is 11.3 Å². The molecule has 0 spiro atoms. The molecule has 0 aliphatic heterocycles. The molecule has 0 aliphatic carbocycles. The van der Waals surface area contributed by atoms with Gasteiger partial charge in [0.25, 0.3) is 0 Å². The number of aliphatic imine (C=N–C) groups is 1. The molecule has 0 unspecified atom stereocenters. The van der Waals surface area contributed by atoms with Crippen LogP contribution in [-0.4, -0.2) is 23.0 Å². The summed E-state index contributed by atoms with van der Waals surface area (Å²) in [5.41, 5.74) is 5.09. The molecule has 0 atom stereocenters. The van der Waals surface area contributed by atoms with E-state index >= 15 is 0 Å². The van der Waals surface area contributed by atoms with Crippen molar-refractivity contribution in [3.63, 3.8) is 0 Å². The zero-order chi connectivity index (χ0) is 20.8. The minimum atomic E-state index is 0.515. The van der Waals surface area contributed by atoms with E-state index in [0.29, 0.717) is 24.9 Å². The second kappa shape index (κ2) is 9.37. The van der Waals surface area contributed by atoms with Crippen LogP contribution in [0.15, 0.2) is 75.7 Å². The molecule has 0 saturated carbocycles. The van der Waals surface area contributed by atoms with E-state index in [4.69, 9.17) is 9.40 Å². The number of nitrogens with zero attached hydrogens (tertiary/aromatic N) is 3. The fraction of sp³-hybridized carbons (Fsp3) is 0.174. The summed E-state index contributed by atoms with van der Waals surface area (Å²) < 4.78 is 5.61. The molecule has 152 valence electrons. The van der Waals surface area contributed by atoms with Gasteiger partial charge in [-0.1, -0.05) is 48.0 Å². The number of hydrogen-bond acceptors (Lipinski definition) is 5. The van der Waals surface area contributed by atoms with Crippen molar-refractivity contribution in [3.8, 4) is 22.0 Å². The molecule has 0 bridgehead atoms. The predicted octanol–water partition coefficient (Wildman–Crippen LogP) is 4.64. The number of benzene rings is 2. The van der Waals surface area contributed by atoms with Gasteiger partial charge in [-0.05, 0) is 19.1 Å². The molecule has 2 aromatic carbocycles. The van der Waals surface area contributed by atoms with E-state index in [1.54, 1.807) is 24.6 Å². The van der Waals surface area contributed by atoms with Crippen LogP contribution >= 0.6 is 11.3 Å². The Morgan fingerprint density at radius 1 is 0.933 bits per heavy atom. The highest BCUT2D eigenvalue weighted by Gasteiger charge is 2.08. The summed E-state index contributed by atoms with van der Waals surface area (Å²) in [7, 11) is 1.74. The van der Waals surface area contributed by atoms with Gasteiger partial charge in [0.05, 0.1) is 24.5 Å². The molecular formula is C23H23N5OS. The van der Waals surface area contributed by atoms with Crippen LogP contribution in [0, 0.1) is 6.92 Å². The second-order valence-corrected chi connectivity index (χ2v) is 7.66. The van der Waals surface area contributed by atoms with E-state index in [0.717, 1.165) is 27.5 Å². The fourth-order valence-corrected chi connectivity index (χ4v) is 3.71. The highest BCUT2D eigenvalue weighted by molar-refractivity contribution is 7.13. The molecule has 0 fully saturated rings. The van der Waals surface area contributed by atoms with Gasteiger partial charge in [-0.3, -0.25) is 4.99 Å². The molecule has 4 rings (SSSR count). The summed E-state index contributed by atoms with van der Waals surface area (Å²) in [5.74, 6) is 1.30. The summed E-state index contributed by atoms with van der Waals surface area (Å²) in [4.78, 5) is 13.5. The highest BCUT2D eigenvalue weighted by Crippen LogP contribution is 2.23. The van der Waals surface area contributed by atoms with Crippen LogP contribution in [0.4, 0.5) is 0 Å². The lowest BCUT2D eigenvalue weighted by Gasteiger charge is -2.09. The minimum Gasteiger partial charge on any atom is -0.444 e. The van der Waals surface area contributed by atoms with Crippen molar-refractivity contribution in [3.05, 3.63) is 83.2 Å². The van der Waals surface area contributed by atoms with Crippen molar-refractivity contribution in [2.45, 2.75) is 20.0 Å². The Kier molecular flexibility index (Phi) is 6.20. The Hall–Kier alpha value is -3.45.